The van der Waals surface area contributed by atoms with Gasteiger partial charge in [-0.15, -0.1) is 11.3 Å². The number of benzene rings is 1. The van der Waals surface area contributed by atoms with Gasteiger partial charge in [0, 0.05) is 29.1 Å². The maximum atomic E-state index is 12.7. The fraction of sp³-hybridized carbons (Fsp3) is 0.222. The summed E-state index contributed by atoms with van der Waals surface area (Å²) in [6, 6.07) is 11.4. The largest absolute Gasteiger partial charge is 0.397 e. The molecule has 25 heavy (non-hydrogen) atoms. The number of nitrogens with two attached hydrogens (primary N) is 1. The van der Waals surface area contributed by atoms with Gasteiger partial charge in [0.1, 0.15) is 9.71 Å². The first-order valence-corrected chi connectivity index (χ1v) is 9.15. The number of pyridine rings is 1. The molecule has 0 bridgehead atoms. The van der Waals surface area contributed by atoms with E-state index in [1.165, 1.54) is 11.3 Å². The third-order valence-corrected chi connectivity index (χ3v) is 5.58. The Morgan fingerprint density at radius 1 is 1.16 bits per heavy atom. The van der Waals surface area contributed by atoms with E-state index in [-0.39, 0.29) is 5.91 Å². The molecular formula is C18H16ClN3O2S. The number of carbonyl (C=O) groups is 1. The van der Waals surface area contributed by atoms with Gasteiger partial charge in [0.2, 0.25) is 0 Å². The summed E-state index contributed by atoms with van der Waals surface area (Å²) in [6.45, 7) is 2.32. The van der Waals surface area contributed by atoms with Crippen molar-refractivity contribution in [2.75, 3.05) is 32.0 Å². The molecule has 1 fully saturated rings. The van der Waals surface area contributed by atoms with Crippen LogP contribution >= 0.6 is 22.9 Å². The molecule has 4 rings (SSSR count). The van der Waals surface area contributed by atoms with E-state index in [2.05, 4.69) is 4.98 Å². The lowest BCUT2D eigenvalue weighted by Crippen LogP contribution is -2.40. The molecule has 3 aromatic rings. The second-order valence-electron chi connectivity index (χ2n) is 5.81. The summed E-state index contributed by atoms with van der Waals surface area (Å²) in [5.74, 6) is -0.0446. The molecular weight excluding hydrogens is 358 g/mol. The predicted octanol–water partition coefficient (Wildman–Crippen LogP) is 3.67. The summed E-state index contributed by atoms with van der Waals surface area (Å²) < 4.78 is 5.30. The van der Waals surface area contributed by atoms with Gasteiger partial charge < -0.3 is 15.4 Å². The van der Waals surface area contributed by atoms with Crippen molar-refractivity contribution in [3.63, 3.8) is 0 Å². The number of anilines is 1. The molecule has 1 aromatic carbocycles. The highest BCUT2D eigenvalue weighted by Gasteiger charge is 2.24. The Hall–Kier alpha value is -2.15. The number of hydrogen-bond acceptors (Lipinski definition) is 5. The van der Waals surface area contributed by atoms with Crippen molar-refractivity contribution in [2.45, 2.75) is 0 Å². The van der Waals surface area contributed by atoms with Gasteiger partial charge in [0.05, 0.1) is 24.6 Å². The van der Waals surface area contributed by atoms with E-state index in [0.717, 1.165) is 21.5 Å². The maximum absolute atomic E-state index is 12.7. The molecule has 2 N–H and O–H groups in total. The van der Waals surface area contributed by atoms with Crippen LogP contribution in [0, 0.1) is 0 Å². The molecule has 0 saturated carbocycles. The average molecular weight is 374 g/mol. The van der Waals surface area contributed by atoms with Gasteiger partial charge >= 0.3 is 0 Å². The first-order valence-electron chi connectivity index (χ1n) is 7.95. The lowest BCUT2D eigenvalue weighted by atomic mass is 10.1. The first-order chi connectivity index (χ1) is 12.1. The number of nitrogen functional groups attached to an aromatic ring is 1. The van der Waals surface area contributed by atoms with E-state index in [9.17, 15) is 4.79 Å². The Bertz CT molecular complexity index is 933. The summed E-state index contributed by atoms with van der Waals surface area (Å²) in [4.78, 5) is 20.5. The number of thiophene rings is 1. The minimum absolute atomic E-state index is 0.0446. The van der Waals surface area contributed by atoms with Crippen molar-refractivity contribution in [3.8, 4) is 11.3 Å². The zero-order valence-corrected chi connectivity index (χ0v) is 14.9. The Morgan fingerprint density at radius 3 is 2.60 bits per heavy atom. The number of ether oxygens (including phenoxy) is 1. The number of morpholine rings is 1. The number of carbonyl (C=O) groups excluding carboxylic acids is 1. The smallest absolute Gasteiger partial charge is 0.266 e. The normalized spacial score (nSPS) is 14.8. The Morgan fingerprint density at radius 2 is 1.88 bits per heavy atom. The van der Waals surface area contributed by atoms with Gasteiger partial charge in [-0.25, -0.2) is 4.98 Å². The maximum Gasteiger partial charge on any atom is 0.266 e. The summed E-state index contributed by atoms with van der Waals surface area (Å²) in [5, 5.41) is 1.50. The molecule has 1 aliphatic heterocycles. The van der Waals surface area contributed by atoms with Crippen LogP contribution in [-0.2, 0) is 4.74 Å². The quantitative estimate of drug-likeness (QED) is 0.744. The van der Waals surface area contributed by atoms with Crippen LogP contribution in [0.15, 0.2) is 36.4 Å². The van der Waals surface area contributed by atoms with Gasteiger partial charge in [-0.05, 0) is 24.3 Å². The van der Waals surface area contributed by atoms with Crippen molar-refractivity contribution in [3.05, 3.63) is 46.3 Å². The Balaban J connectivity index is 1.71. The molecule has 7 heteroatoms. The van der Waals surface area contributed by atoms with E-state index in [0.29, 0.717) is 41.9 Å². The predicted molar refractivity (Wildman–Crippen MR) is 101 cm³/mol. The SMILES string of the molecule is Nc1c(C(=O)N2CCOCC2)sc2nc(-c3ccc(Cl)cc3)ccc12. The number of fused-ring (bicyclic) bond motifs is 1. The highest BCUT2D eigenvalue weighted by molar-refractivity contribution is 7.21. The molecule has 3 heterocycles. The second kappa shape index (κ2) is 6.63. The van der Waals surface area contributed by atoms with Crippen LogP contribution in [-0.4, -0.2) is 42.1 Å². The lowest BCUT2D eigenvalue weighted by Gasteiger charge is -2.26. The van der Waals surface area contributed by atoms with Crippen LogP contribution < -0.4 is 5.73 Å². The van der Waals surface area contributed by atoms with Crippen LogP contribution in [0.5, 0.6) is 0 Å². The Kier molecular flexibility index (Phi) is 4.33. The monoisotopic (exact) mass is 373 g/mol. The van der Waals surface area contributed by atoms with Crippen molar-refractivity contribution in [1.29, 1.82) is 0 Å². The second-order valence-corrected chi connectivity index (χ2v) is 7.24. The summed E-state index contributed by atoms with van der Waals surface area (Å²) in [5.41, 5.74) is 8.54. The van der Waals surface area contributed by atoms with Crippen LogP contribution in [0.2, 0.25) is 5.02 Å². The average Bonchev–Trinajstić information content (AvgIpc) is 2.98. The third-order valence-electron chi connectivity index (χ3n) is 4.23. The van der Waals surface area contributed by atoms with Crippen LogP contribution in [0.4, 0.5) is 5.69 Å². The minimum Gasteiger partial charge on any atom is -0.397 e. The van der Waals surface area contributed by atoms with E-state index < -0.39 is 0 Å². The van der Waals surface area contributed by atoms with E-state index in [1.807, 2.05) is 36.4 Å². The van der Waals surface area contributed by atoms with Crippen molar-refractivity contribution < 1.29 is 9.53 Å². The van der Waals surface area contributed by atoms with Crippen LogP contribution in [0.3, 0.4) is 0 Å². The van der Waals surface area contributed by atoms with Gasteiger partial charge in [-0.2, -0.15) is 0 Å². The molecule has 0 unspecified atom stereocenters. The molecule has 5 nitrogen and oxygen atoms in total. The molecule has 2 aromatic heterocycles. The van der Waals surface area contributed by atoms with E-state index >= 15 is 0 Å². The molecule has 128 valence electrons. The van der Waals surface area contributed by atoms with Gasteiger partial charge in [0.25, 0.3) is 5.91 Å². The van der Waals surface area contributed by atoms with E-state index in [1.54, 1.807) is 4.90 Å². The first kappa shape index (κ1) is 16.3. The molecule has 0 radical (unpaired) electrons. The fourth-order valence-corrected chi connectivity index (χ4v) is 4.04. The Labute approximate surface area is 154 Å². The van der Waals surface area contributed by atoms with Crippen molar-refractivity contribution in [1.82, 2.24) is 9.88 Å². The summed E-state index contributed by atoms with van der Waals surface area (Å²) >= 11 is 7.28. The number of rotatable bonds is 2. The van der Waals surface area contributed by atoms with Gasteiger partial charge in [0.15, 0.2) is 0 Å². The highest BCUT2D eigenvalue weighted by Crippen LogP contribution is 2.35. The standard InChI is InChI=1S/C18H16ClN3O2S/c19-12-3-1-11(2-4-12)14-6-5-13-15(20)16(25-17(13)21-14)18(23)22-7-9-24-10-8-22/h1-6H,7-10,20H2. The van der Waals surface area contributed by atoms with Crippen LogP contribution in [0.25, 0.3) is 21.5 Å². The number of aromatic nitrogens is 1. The topological polar surface area (TPSA) is 68.5 Å². The number of halogens is 1. The fourth-order valence-electron chi connectivity index (χ4n) is 2.85. The molecule has 1 aliphatic rings. The molecule has 0 atom stereocenters. The summed E-state index contributed by atoms with van der Waals surface area (Å²) in [7, 11) is 0. The highest BCUT2D eigenvalue weighted by atomic mass is 35.5. The molecule has 1 saturated heterocycles. The molecule has 1 amide bonds. The zero-order chi connectivity index (χ0) is 17.4. The summed E-state index contributed by atoms with van der Waals surface area (Å²) in [6.07, 6.45) is 0. The number of amides is 1. The zero-order valence-electron chi connectivity index (χ0n) is 13.4. The van der Waals surface area contributed by atoms with Gasteiger partial charge in [-0.3, -0.25) is 4.79 Å². The third kappa shape index (κ3) is 3.08. The van der Waals surface area contributed by atoms with Crippen molar-refractivity contribution >= 4 is 44.7 Å². The van der Waals surface area contributed by atoms with Crippen LogP contribution in [0.1, 0.15) is 9.67 Å². The molecule has 0 aliphatic carbocycles. The van der Waals surface area contributed by atoms with E-state index in [4.69, 9.17) is 22.1 Å². The number of nitrogens with zero attached hydrogens (tertiary/aromatic N) is 2. The van der Waals surface area contributed by atoms with Gasteiger partial charge in [-0.1, -0.05) is 23.7 Å². The number of hydrogen-bond donors (Lipinski definition) is 1. The molecule has 0 spiro atoms. The lowest BCUT2D eigenvalue weighted by molar-refractivity contribution is 0.0307. The minimum atomic E-state index is -0.0446. The van der Waals surface area contributed by atoms with Crippen molar-refractivity contribution in [2.24, 2.45) is 0 Å².